The third-order valence-corrected chi connectivity index (χ3v) is 3.37. The van der Waals surface area contributed by atoms with Gasteiger partial charge in [-0.2, -0.15) is 0 Å². The molecule has 1 heterocycles. The van der Waals surface area contributed by atoms with Crippen LogP contribution in [0.15, 0.2) is 24.3 Å². The van der Waals surface area contributed by atoms with Gasteiger partial charge in [0, 0.05) is 0 Å². The Kier molecular flexibility index (Phi) is 6.37. The highest BCUT2D eigenvalue weighted by Crippen LogP contribution is 2.29. The molecule has 1 aliphatic rings. The van der Waals surface area contributed by atoms with Crippen LogP contribution in [0.5, 0.6) is 5.75 Å². The van der Waals surface area contributed by atoms with Crippen LogP contribution in [0.1, 0.15) is 25.3 Å². The molecule has 0 bridgehead atoms. The van der Waals surface area contributed by atoms with Gasteiger partial charge in [-0.1, -0.05) is 25.5 Å². The predicted molar refractivity (Wildman–Crippen MR) is 79.9 cm³/mol. The highest BCUT2D eigenvalue weighted by atomic mass is 16.6. The number of hydrogen-bond donors (Lipinski definition) is 1. The third kappa shape index (κ3) is 5.15. The van der Waals surface area contributed by atoms with Crippen molar-refractivity contribution in [3.63, 3.8) is 0 Å². The van der Waals surface area contributed by atoms with Crippen molar-refractivity contribution >= 4 is 7.48 Å². The van der Waals surface area contributed by atoms with E-state index in [4.69, 9.17) is 19.9 Å². The van der Waals surface area contributed by atoms with Crippen molar-refractivity contribution < 1.29 is 14.1 Å². The lowest BCUT2D eigenvalue weighted by Crippen LogP contribution is -2.19. The highest BCUT2D eigenvalue weighted by molar-refractivity contribution is 6.30. The van der Waals surface area contributed by atoms with Crippen molar-refractivity contribution in [3.05, 3.63) is 29.8 Å². The molecule has 1 fully saturated rings. The van der Waals surface area contributed by atoms with E-state index in [-0.39, 0.29) is 18.7 Å². The molecule has 2 atom stereocenters. The van der Waals surface area contributed by atoms with Crippen LogP contribution in [0, 0.1) is 0 Å². The maximum absolute atomic E-state index is 5.66. The number of benzene rings is 1. The minimum Gasteiger partial charge on any atom is -0.494 e. The smallest absolute Gasteiger partial charge is 0.300 e. The molecular weight excluding hydrogens is 253 g/mol. The molecule has 1 aromatic carbocycles. The predicted octanol–water partition coefficient (Wildman–Crippen LogP) is 2.15. The van der Waals surface area contributed by atoms with Gasteiger partial charge >= 0.3 is 7.48 Å². The molecule has 1 aliphatic heterocycles. The number of nitrogens with two attached hydrogens (primary N) is 1. The zero-order chi connectivity index (χ0) is 14.2. The van der Waals surface area contributed by atoms with Gasteiger partial charge in [0.05, 0.1) is 26.0 Å². The van der Waals surface area contributed by atoms with Crippen molar-refractivity contribution in [3.8, 4) is 5.75 Å². The quantitative estimate of drug-likeness (QED) is 0.308. The van der Waals surface area contributed by atoms with Gasteiger partial charge in [0.1, 0.15) is 5.75 Å². The Hall–Kier alpha value is -1.04. The molecule has 5 heteroatoms. The number of hydrogen-bond acceptors (Lipinski definition) is 4. The summed E-state index contributed by atoms with van der Waals surface area (Å²) in [5, 5.41) is 0. The van der Waals surface area contributed by atoms with Crippen LogP contribution in [-0.2, 0) is 15.8 Å². The molecule has 0 amide bonds. The molecule has 4 nitrogen and oxygen atoms in total. The fourth-order valence-corrected chi connectivity index (χ4v) is 2.08. The summed E-state index contributed by atoms with van der Waals surface area (Å²) in [5.41, 5.74) is 6.61. The number of epoxide rings is 1. The average Bonchev–Trinajstić information content (AvgIpc) is 3.30. The van der Waals surface area contributed by atoms with E-state index in [2.05, 4.69) is 19.1 Å². The van der Waals surface area contributed by atoms with Crippen molar-refractivity contribution in [2.75, 3.05) is 19.9 Å². The van der Waals surface area contributed by atoms with Crippen LogP contribution in [0.2, 0.25) is 5.82 Å². The lowest BCUT2D eigenvalue weighted by molar-refractivity contribution is 0.309. The lowest BCUT2D eigenvalue weighted by Gasteiger charge is -2.13. The van der Waals surface area contributed by atoms with E-state index in [0.717, 1.165) is 38.2 Å². The first-order chi connectivity index (χ1) is 9.83. The van der Waals surface area contributed by atoms with Crippen LogP contribution < -0.4 is 10.5 Å². The van der Waals surface area contributed by atoms with Crippen LogP contribution >= 0.6 is 0 Å². The Morgan fingerprint density at radius 2 is 2.15 bits per heavy atom. The average molecular weight is 276 g/mol. The summed E-state index contributed by atoms with van der Waals surface area (Å²) < 4.78 is 16.2. The van der Waals surface area contributed by atoms with Crippen LogP contribution in [-0.4, -0.2) is 33.5 Å². The zero-order valence-corrected chi connectivity index (χ0v) is 12.1. The maximum atomic E-state index is 5.66. The summed E-state index contributed by atoms with van der Waals surface area (Å²) in [6.07, 6.45) is 3.42. The van der Waals surface area contributed by atoms with Gasteiger partial charge in [-0.05, 0) is 36.4 Å². The molecular formula is C15H23BNO3. The normalized spacial score (nSPS) is 18.6. The molecule has 0 aromatic heterocycles. The molecule has 1 saturated heterocycles. The monoisotopic (exact) mass is 276 g/mol. The van der Waals surface area contributed by atoms with Crippen molar-refractivity contribution in [2.24, 2.45) is 5.73 Å². The molecule has 0 spiro atoms. The number of rotatable bonds is 10. The van der Waals surface area contributed by atoms with Crippen molar-refractivity contribution in [1.82, 2.24) is 0 Å². The first-order valence-electron chi connectivity index (χ1n) is 7.31. The SMILES string of the molecule is CCCCOc1ccc(C[C@H]([B]OCN)[C@H]2CO2)cc1. The van der Waals surface area contributed by atoms with E-state index in [1.54, 1.807) is 0 Å². The van der Waals surface area contributed by atoms with Gasteiger partial charge in [0.25, 0.3) is 0 Å². The highest BCUT2D eigenvalue weighted by Gasteiger charge is 2.33. The number of unbranched alkanes of at least 4 members (excludes halogenated alkanes) is 1. The van der Waals surface area contributed by atoms with Gasteiger partial charge in [-0.3, -0.25) is 0 Å². The molecule has 2 rings (SSSR count). The second-order valence-corrected chi connectivity index (χ2v) is 5.06. The Bertz CT molecular complexity index is 381. The molecule has 0 aliphatic carbocycles. The van der Waals surface area contributed by atoms with E-state index in [1.807, 2.05) is 19.6 Å². The van der Waals surface area contributed by atoms with E-state index in [1.165, 1.54) is 5.56 Å². The molecule has 20 heavy (non-hydrogen) atoms. The van der Waals surface area contributed by atoms with E-state index < -0.39 is 0 Å². The van der Waals surface area contributed by atoms with Gasteiger partial charge in [0.15, 0.2) is 0 Å². The van der Waals surface area contributed by atoms with Crippen LogP contribution in [0.25, 0.3) is 0 Å². The Balaban J connectivity index is 1.82. The molecule has 1 radical (unpaired) electrons. The fraction of sp³-hybridized carbons (Fsp3) is 0.600. The summed E-state index contributed by atoms with van der Waals surface area (Å²) in [6, 6.07) is 8.26. The molecule has 1 aromatic rings. The topological polar surface area (TPSA) is 57.0 Å². The summed E-state index contributed by atoms with van der Waals surface area (Å²) in [7, 11) is 1.81. The summed E-state index contributed by atoms with van der Waals surface area (Å²) in [4.78, 5) is 0. The minimum atomic E-state index is 0.216. The van der Waals surface area contributed by atoms with Gasteiger partial charge < -0.3 is 19.9 Å². The second-order valence-electron chi connectivity index (χ2n) is 5.06. The zero-order valence-electron chi connectivity index (χ0n) is 12.1. The van der Waals surface area contributed by atoms with E-state index >= 15 is 0 Å². The third-order valence-electron chi connectivity index (χ3n) is 3.37. The van der Waals surface area contributed by atoms with Crippen molar-refractivity contribution in [2.45, 2.75) is 38.1 Å². The first kappa shape index (κ1) is 15.4. The van der Waals surface area contributed by atoms with E-state index in [0.29, 0.717) is 0 Å². The largest absolute Gasteiger partial charge is 0.494 e. The molecule has 0 unspecified atom stereocenters. The second kappa shape index (κ2) is 8.30. The van der Waals surface area contributed by atoms with Crippen LogP contribution in [0.4, 0.5) is 0 Å². The Morgan fingerprint density at radius 3 is 2.75 bits per heavy atom. The maximum Gasteiger partial charge on any atom is 0.300 e. The standard InChI is InChI=1S/C15H23BNO3/c1-2-3-8-18-13-6-4-12(5-7-13)9-14(15-10-19-15)16-20-11-17/h4-7,14-15H,2-3,8-11,17H2,1H3/t14-,15+/m0/s1. The van der Waals surface area contributed by atoms with Crippen LogP contribution in [0.3, 0.4) is 0 Å². The fourth-order valence-electron chi connectivity index (χ4n) is 2.08. The van der Waals surface area contributed by atoms with Gasteiger partial charge in [0.2, 0.25) is 0 Å². The van der Waals surface area contributed by atoms with Gasteiger partial charge in [-0.25, -0.2) is 0 Å². The summed E-state index contributed by atoms with van der Waals surface area (Å²) >= 11 is 0. The molecule has 109 valence electrons. The Morgan fingerprint density at radius 1 is 1.40 bits per heavy atom. The minimum absolute atomic E-state index is 0.216. The molecule has 0 saturated carbocycles. The van der Waals surface area contributed by atoms with Crippen molar-refractivity contribution in [1.29, 1.82) is 0 Å². The summed E-state index contributed by atoms with van der Waals surface area (Å²) in [5.74, 6) is 1.20. The number of ether oxygens (including phenoxy) is 2. The molecule has 2 N–H and O–H groups in total. The Labute approximate surface area is 121 Å². The summed E-state index contributed by atoms with van der Waals surface area (Å²) in [6.45, 7) is 3.97. The lowest BCUT2D eigenvalue weighted by atomic mass is 9.74. The first-order valence-corrected chi connectivity index (χ1v) is 7.31. The van der Waals surface area contributed by atoms with E-state index in [9.17, 15) is 0 Å². The van der Waals surface area contributed by atoms with Gasteiger partial charge in [-0.15, -0.1) is 0 Å².